The van der Waals surface area contributed by atoms with Crippen LogP contribution in [-0.4, -0.2) is 18.2 Å². The highest BCUT2D eigenvalue weighted by molar-refractivity contribution is 4.91. The van der Waals surface area contributed by atoms with Crippen molar-refractivity contribution in [1.82, 2.24) is 5.43 Å². The molecule has 0 bridgehead atoms. The Morgan fingerprint density at radius 1 is 1.24 bits per heavy atom. The first-order chi connectivity index (χ1) is 8.05. The Kier molecular flexibility index (Phi) is 5.90. The van der Waals surface area contributed by atoms with Crippen molar-refractivity contribution in [3.05, 3.63) is 0 Å². The van der Waals surface area contributed by atoms with E-state index in [4.69, 9.17) is 10.6 Å². The van der Waals surface area contributed by atoms with Crippen LogP contribution in [0.5, 0.6) is 0 Å². The molecule has 0 aromatic carbocycles. The van der Waals surface area contributed by atoms with Crippen molar-refractivity contribution in [3.63, 3.8) is 0 Å². The van der Waals surface area contributed by atoms with Crippen LogP contribution in [0.25, 0.3) is 0 Å². The van der Waals surface area contributed by atoms with Crippen LogP contribution in [0.15, 0.2) is 0 Å². The number of ether oxygens (including phenoxy) is 1. The van der Waals surface area contributed by atoms with Gasteiger partial charge < -0.3 is 4.74 Å². The minimum atomic E-state index is -0.173. The molecular weight excluding hydrogens is 212 g/mol. The number of rotatable bonds is 6. The Balaban J connectivity index is 2.56. The third kappa shape index (κ3) is 3.94. The lowest BCUT2D eigenvalue weighted by Crippen LogP contribution is -2.56. The maximum absolute atomic E-state index is 5.85. The summed E-state index contributed by atoms with van der Waals surface area (Å²) in [5, 5.41) is 0. The van der Waals surface area contributed by atoms with E-state index in [2.05, 4.69) is 26.2 Å². The minimum Gasteiger partial charge on any atom is -0.374 e. The van der Waals surface area contributed by atoms with Crippen LogP contribution in [0.2, 0.25) is 0 Å². The largest absolute Gasteiger partial charge is 0.374 e. The molecule has 1 rings (SSSR count). The van der Waals surface area contributed by atoms with Crippen molar-refractivity contribution < 1.29 is 4.74 Å². The molecule has 3 heteroatoms. The molecule has 17 heavy (non-hydrogen) atoms. The van der Waals surface area contributed by atoms with Crippen molar-refractivity contribution in [2.24, 2.45) is 17.7 Å². The average Bonchev–Trinajstić information content (AvgIpc) is 2.30. The summed E-state index contributed by atoms with van der Waals surface area (Å²) in [4.78, 5) is 0. The molecule has 0 aromatic heterocycles. The fourth-order valence-electron chi connectivity index (χ4n) is 3.30. The average molecular weight is 242 g/mol. The maximum atomic E-state index is 5.85. The van der Waals surface area contributed by atoms with Gasteiger partial charge in [0.1, 0.15) is 0 Å². The Morgan fingerprint density at radius 2 is 1.82 bits per heavy atom. The molecule has 0 amide bonds. The van der Waals surface area contributed by atoms with Gasteiger partial charge in [0.25, 0.3) is 0 Å². The van der Waals surface area contributed by atoms with Gasteiger partial charge in [-0.25, -0.2) is 0 Å². The zero-order valence-corrected chi connectivity index (χ0v) is 12.0. The lowest BCUT2D eigenvalue weighted by molar-refractivity contribution is -0.0588. The van der Waals surface area contributed by atoms with E-state index in [0.717, 1.165) is 12.5 Å². The molecule has 0 saturated heterocycles. The van der Waals surface area contributed by atoms with Crippen LogP contribution in [-0.2, 0) is 4.74 Å². The molecule has 0 aromatic rings. The topological polar surface area (TPSA) is 47.3 Å². The van der Waals surface area contributed by atoms with Gasteiger partial charge in [0.05, 0.1) is 11.6 Å². The van der Waals surface area contributed by atoms with Crippen molar-refractivity contribution in [3.8, 4) is 0 Å². The van der Waals surface area contributed by atoms with Crippen LogP contribution in [0, 0.1) is 11.8 Å². The van der Waals surface area contributed by atoms with Gasteiger partial charge in [0.2, 0.25) is 0 Å². The number of nitrogens with two attached hydrogens (primary N) is 1. The highest BCUT2D eigenvalue weighted by Crippen LogP contribution is 2.35. The van der Waals surface area contributed by atoms with Crippen LogP contribution < -0.4 is 11.3 Å². The molecule has 0 aliphatic heterocycles. The van der Waals surface area contributed by atoms with Crippen LogP contribution in [0.3, 0.4) is 0 Å². The predicted octanol–water partition coefficient (Wildman–Crippen LogP) is 2.85. The van der Waals surface area contributed by atoms with Crippen LogP contribution in [0.4, 0.5) is 0 Å². The molecule has 1 aliphatic rings. The third-order valence-electron chi connectivity index (χ3n) is 4.39. The summed E-state index contributed by atoms with van der Waals surface area (Å²) >= 11 is 0. The van der Waals surface area contributed by atoms with Crippen LogP contribution in [0.1, 0.15) is 59.8 Å². The highest BCUT2D eigenvalue weighted by Gasteiger charge is 2.37. The van der Waals surface area contributed by atoms with Gasteiger partial charge in [-0.15, -0.1) is 0 Å². The lowest BCUT2D eigenvalue weighted by atomic mass is 9.74. The Hall–Kier alpha value is -0.120. The predicted molar refractivity (Wildman–Crippen MR) is 72.6 cm³/mol. The number of hydrazine groups is 1. The normalized spacial score (nSPS) is 28.1. The zero-order valence-electron chi connectivity index (χ0n) is 12.0. The molecule has 0 radical (unpaired) electrons. The van der Waals surface area contributed by atoms with Crippen LogP contribution >= 0.6 is 0 Å². The SMILES string of the molecule is CCOC(C)(C)C(NN)C1CCC(CC)CC1. The van der Waals surface area contributed by atoms with E-state index >= 15 is 0 Å². The van der Waals surface area contributed by atoms with Crippen molar-refractivity contribution >= 4 is 0 Å². The number of hydrogen-bond donors (Lipinski definition) is 2. The van der Waals surface area contributed by atoms with E-state index in [-0.39, 0.29) is 11.6 Å². The van der Waals surface area contributed by atoms with E-state index < -0.39 is 0 Å². The summed E-state index contributed by atoms with van der Waals surface area (Å²) in [6, 6.07) is 0.264. The smallest absolute Gasteiger partial charge is 0.0794 e. The molecule has 3 N–H and O–H groups in total. The monoisotopic (exact) mass is 242 g/mol. The second-order valence-corrected chi connectivity index (χ2v) is 5.87. The molecule has 102 valence electrons. The summed E-state index contributed by atoms with van der Waals surface area (Å²) in [5.41, 5.74) is 2.83. The quantitative estimate of drug-likeness (QED) is 0.556. The van der Waals surface area contributed by atoms with Gasteiger partial charge in [0.15, 0.2) is 0 Å². The van der Waals surface area contributed by atoms with Gasteiger partial charge in [-0.2, -0.15) is 0 Å². The van der Waals surface area contributed by atoms with Gasteiger partial charge in [0, 0.05) is 6.61 Å². The number of nitrogens with one attached hydrogen (secondary N) is 1. The first-order valence-corrected chi connectivity index (χ1v) is 7.15. The molecule has 3 nitrogen and oxygen atoms in total. The third-order valence-corrected chi connectivity index (χ3v) is 4.39. The van der Waals surface area contributed by atoms with Crippen molar-refractivity contribution in [2.75, 3.05) is 6.61 Å². The van der Waals surface area contributed by atoms with E-state index in [1.807, 2.05) is 6.92 Å². The molecule has 1 aliphatic carbocycles. The molecular formula is C14H30N2O. The highest BCUT2D eigenvalue weighted by atomic mass is 16.5. The van der Waals surface area contributed by atoms with E-state index in [1.165, 1.54) is 32.1 Å². The minimum absolute atomic E-state index is 0.173. The fraction of sp³-hybridized carbons (Fsp3) is 1.00. The lowest BCUT2D eigenvalue weighted by Gasteiger charge is -2.41. The first-order valence-electron chi connectivity index (χ1n) is 7.15. The Labute approximate surface area is 106 Å². The summed E-state index contributed by atoms with van der Waals surface area (Å²) < 4.78 is 5.85. The van der Waals surface area contributed by atoms with E-state index in [9.17, 15) is 0 Å². The summed E-state index contributed by atoms with van der Waals surface area (Å²) in [5.74, 6) is 7.34. The standard InChI is InChI=1S/C14H30N2O/c1-5-11-7-9-12(10-8-11)13(16-15)14(3,4)17-6-2/h11-13,16H,5-10,15H2,1-4H3. The van der Waals surface area contributed by atoms with Crippen molar-refractivity contribution in [2.45, 2.75) is 71.4 Å². The maximum Gasteiger partial charge on any atom is 0.0794 e. The summed E-state index contributed by atoms with van der Waals surface area (Å²) in [7, 11) is 0. The Bertz CT molecular complexity index is 210. The molecule has 0 spiro atoms. The Morgan fingerprint density at radius 3 is 2.24 bits per heavy atom. The summed E-state index contributed by atoms with van der Waals surface area (Å²) in [6.45, 7) is 9.38. The van der Waals surface area contributed by atoms with Gasteiger partial charge in [-0.1, -0.05) is 26.2 Å². The second-order valence-electron chi connectivity index (χ2n) is 5.87. The molecule has 1 saturated carbocycles. The molecule has 1 unspecified atom stereocenters. The molecule has 1 fully saturated rings. The first kappa shape index (κ1) is 14.9. The summed E-state index contributed by atoms with van der Waals surface area (Å²) in [6.07, 6.45) is 6.58. The molecule has 0 heterocycles. The van der Waals surface area contributed by atoms with Gasteiger partial charge in [-0.05, 0) is 45.4 Å². The van der Waals surface area contributed by atoms with E-state index in [1.54, 1.807) is 0 Å². The van der Waals surface area contributed by atoms with Gasteiger partial charge >= 0.3 is 0 Å². The zero-order chi connectivity index (χ0) is 12.9. The molecule has 1 atom stereocenters. The van der Waals surface area contributed by atoms with E-state index in [0.29, 0.717) is 5.92 Å². The number of hydrogen-bond acceptors (Lipinski definition) is 3. The van der Waals surface area contributed by atoms with Gasteiger partial charge in [-0.3, -0.25) is 11.3 Å². The fourth-order valence-corrected chi connectivity index (χ4v) is 3.30. The van der Waals surface area contributed by atoms with Crippen molar-refractivity contribution in [1.29, 1.82) is 0 Å². The second kappa shape index (κ2) is 6.72.